The Balaban J connectivity index is 1.91. The minimum atomic E-state index is -0.453. The fourth-order valence-electron chi connectivity index (χ4n) is 2.28. The zero-order chi connectivity index (χ0) is 14.5. The van der Waals surface area contributed by atoms with Crippen LogP contribution in [0.4, 0.5) is 5.69 Å². The van der Waals surface area contributed by atoms with Gasteiger partial charge in [-0.05, 0) is 5.56 Å². The van der Waals surface area contributed by atoms with E-state index in [1.165, 1.54) is 6.07 Å². The first-order valence-corrected chi connectivity index (χ1v) is 6.44. The van der Waals surface area contributed by atoms with Gasteiger partial charge in [-0.3, -0.25) is 19.8 Å². The Morgan fingerprint density at radius 3 is 2.60 bits per heavy atom. The van der Waals surface area contributed by atoms with E-state index in [0.29, 0.717) is 32.7 Å². The third-order valence-corrected chi connectivity index (χ3v) is 3.39. The molecule has 1 aliphatic rings. The topological polar surface area (TPSA) is 86.9 Å². The predicted octanol–water partition coefficient (Wildman–Crippen LogP) is 0.231. The highest BCUT2D eigenvalue weighted by atomic mass is 16.6. The maximum Gasteiger partial charge on any atom is 0.269 e. The van der Waals surface area contributed by atoms with Gasteiger partial charge in [-0.15, -0.1) is 0 Å². The van der Waals surface area contributed by atoms with Crippen LogP contribution >= 0.6 is 0 Å². The van der Waals surface area contributed by atoms with Gasteiger partial charge >= 0.3 is 0 Å². The quantitative estimate of drug-likeness (QED) is 0.630. The molecule has 0 bridgehead atoms. The summed E-state index contributed by atoms with van der Waals surface area (Å²) in [6.45, 7) is 2.74. The van der Waals surface area contributed by atoms with Crippen molar-refractivity contribution in [3.05, 3.63) is 39.9 Å². The zero-order valence-corrected chi connectivity index (χ0v) is 11.1. The fourth-order valence-corrected chi connectivity index (χ4v) is 2.28. The smallest absolute Gasteiger partial charge is 0.269 e. The molecule has 1 N–H and O–H groups in total. The molecule has 1 heterocycles. The van der Waals surface area contributed by atoms with Gasteiger partial charge < -0.3 is 10.0 Å². The Labute approximate surface area is 116 Å². The molecule has 0 spiro atoms. The molecule has 0 atom stereocenters. The maximum atomic E-state index is 11.3. The Kier molecular flexibility index (Phi) is 4.65. The maximum absolute atomic E-state index is 11.3. The largest absolute Gasteiger partial charge is 0.387 e. The van der Waals surface area contributed by atoms with Crippen molar-refractivity contribution in [2.45, 2.75) is 6.54 Å². The molecular weight excluding hydrogens is 262 g/mol. The van der Waals surface area contributed by atoms with Crippen molar-refractivity contribution in [1.29, 1.82) is 0 Å². The number of carbonyl (C=O) groups excluding carboxylic acids is 1. The van der Waals surface area contributed by atoms with Crippen molar-refractivity contribution in [2.24, 2.45) is 0 Å². The lowest BCUT2D eigenvalue weighted by Gasteiger charge is -2.34. The summed E-state index contributed by atoms with van der Waals surface area (Å²) in [6, 6.07) is 6.59. The summed E-state index contributed by atoms with van der Waals surface area (Å²) in [5.41, 5.74) is 0.984. The first kappa shape index (κ1) is 14.4. The van der Waals surface area contributed by atoms with Crippen molar-refractivity contribution < 1.29 is 14.8 Å². The highest BCUT2D eigenvalue weighted by molar-refractivity contribution is 5.77. The lowest BCUT2D eigenvalue weighted by molar-refractivity contribution is -0.384. The Bertz CT molecular complexity index is 498. The number of aliphatic hydroxyl groups excluding tert-OH is 1. The van der Waals surface area contributed by atoms with Crippen molar-refractivity contribution in [1.82, 2.24) is 9.80 Å². The van der Waals surface area contributed by atoms with Gasteiger partial charge in [0.25, 0.3) is 5.69 Å². The Morgan fingerprint density at radius 2 is 2.00 bits per heavy atom. The highest BCUT2D eigenvalue weighted by Gasteiger charge is 2.20. The van der Waals surface area contributed by atoms with Crippen LogP contribution in [0.3, 0.4) is 0 Å². The van der Waals surface area contributed by atoms with Crippen molar-refractivity contribution in [2.75, 3.05) is 32.8 Å². The molecule has 0 saturated carbocycles. The van der Waals surface area contributed by atoms with Gasteiger partial charge in [0.2, 0.25) is 5.91 Å². The number of hydrogen-bond acceptors (Lipinski definition) is 5. The molecule has 1 amide bonds. The van der Waals surface area contributed by atoms with Gasteiger partial charge in [-0.2, -0.15) is 0 Å². The van der Waals surface area contributed by atoms with E-state index < -0.39 is 11.5 Å². The van der Waals surface area contributed by atoms with Crippen LogP contribution in [0.2, 0.25) is 0 Å². The number of piperazine rings is 1. The van der Waals surface area contributed by atoms with Crippen LogP contribution in [0, 0.1) is 10.1 Å². The number of non-ortho nitro benzene ring substituents is 1. The Hall–Kier alpha value is -1.99. The summed E-state index contributed by atoms with van der Waals surface area (Å²) < 4.78 is 0. The van der Waals surface area contributed by atoms with E-state index in [1.807, 2.05) is 6.07 Å². The molecule has 1 saturated heterocycles. The van der Waals surface area contributed by atoms with Crippen molar-refractivity contribution >= 4 is 11.6 Å². The third-order valence-electron chi connectivity index (χ3n) is 3.39. The van der Waals surface area contributed by atoms with Crippen LogP contribution in [-0.2, 0) is 11.3 Å². The van der Waals surface area contributed by atoms with E-state index >= 15 is 0 Å². The zero-order valence-electron chi connectivity index (χ0n) is 11.1. The number of carbonyl (C=O) groups is 1. The van der Waals surface area contributed by atoms with Gasteiger partial charge in [0.1, 0.15) is 6.61 Å². The number of rotatable bonds is 4. The molecule has 7 nitrogen and oxygen atoms in total. The average molecular weight is 279 g/mol. The number of aliphatic hydroxyl groups is 1. The standard InChI is InChI=1S/C13H17N3O4/c17-10-13(18)15-6-4-14(5-7-15)9-11-2-1-3-12(8-11)16(19)20/h1-3,8,17H,4-7,9-10H2. The van der Waals surface area contributed by atoms with Gasteiger partial charge in [0.15, 0.2) is 0 Å². The lowest BCUT2D eigenvalue weighted by atomic mass is 10.1. The summed E-state index contributed by atoms with van der Waals surface area (Å²) in [5.74, 6) is -0.250. The minimum absolute atomic E-state index is 0.0941. The molecule has 0 aliphatic carbocycles. The van der Waals surface area contributed by atoms with Gasteiger partial charge in [-0.25, -0.2) is 0 Å². The molecule has 1 aromatic carbocycles. The summed E-state index contributed by atoms with van der Waals surface area (Å²) in [5, 5.41) is 19.5. The fraction of sp³-hybridized carbons (Fsp3) is 0.462. The molecule has 1 aliphatic heterocycles. The van der Waals surface area contributed by atoms with Crippen LogP contribution in [0.5, 0.6) is 0 Å². The second-order valence-electron chi connectivity index (χ2n) is 4.74. The van der Waals surface area contributed by atoms with Crippen LogP contribution in [-0.4, -0.2) is 58.5 Å². The predicted molar refractivity (Wildman–Crippen MR) is 72.0 cm³/mol. The molecule has 0 unspecified atom stereocenters. The van der Waals surface area contributed by atoms with Crippen LogP contribution in [0.15, 0.2) is 24.3 Å². The monoisotopic (exact) mass is 279 g/mol. The molecular formula is C13H17N3O4. The second-order valence-corrected chi connectivity index (χ2v) is 4.74. The molecule has 1 fully saturated rings. The number of nitro groups is 1. The minimum Gasteiger partial charge on any atom is -0.387 e. The molecule has 0 aromatic heterocycles. The second kappa shape index (κ2) is 6.44. The molecule has 2 rings (SSSR count). The first-order valence-electron chi connectivity index (χ1n) is 6.44. The third kappa shape index (κ3) is 3.52. The SMILES string of the molecule is O=C(CO)N1CCN(Cc2cccc([N+](=O)[O-])c2)CC1. The van der Waals surface area contributed by atoms with E-state index in [1.54, 1.807) is 17.0 Å². The highest BCUT2D eigenvalue weighted by Crippen LogP contribution is 2.15. The number of amides is 1. The van der Waals surface area contributed by atoms with Crippen LogP contribution in [0.25, 0.3) is 0 Å². The normalized spacial score (nSPS) is 16.1. The van der Waals surface area contributed by atoms with Gasteiger partial charge in [0.05, 0.1) is 4.92 Å². The molecule has 0 radical (unpaired) electrons. The van der Waals surface area contributed by atoms with E-state index in [0.717, 1.165) is 5.56 Å². The molecule has 108 valence electrons. The lowest BCUT2D eigenvalue weighted by Crippen LogP contribution is -2.49. The molecule has 7 heteroatoms. The molecule has 1 aromatic rings. The van der Waals surface area contributed by atoms with Crippen LogP contribution < -0.4 is 0 Å². The van der Waals surface area contributed by atoms with Gasteiger partial charge in [-0.1, -0.05) is 12.1 Å². The molecule has 20 heavy (non-hydrogen) atoms. The van der Waals surface area contributed by atoms with Gasteiger partial charge in [0, 0.05) is 44.9 Å². The average Bonchev–Trinajstić information content (AvgIpc) is 2.47. The van der Waals surface area contributed by atoms with E-state index in [9.17, 15) is 14.9 Å². The number of nitrogens with zero attached hydrogens (tertiary/aromatic N) is 3. The summed E-state index contributed by atoms with van der Waals surface area (Å²) >= 11 is 0. The van der Waals surface area contributed by atoms with E-state index in [2.05, 4.69) is 4.90 Å². The number of benzene rings is 1. The Morgan fingerprint density at radius 1 is 1.30 bits per heavy atom. The van der Waals surface area contributed by atoms with Crippen LogP contribution in [0.1, 0.15) is 5.56 Å². The van der Waals surface area contributed by atoms with E-state index in [4.69, 9.17) is 5.11 Å². The first-order chi connectivity index (χ1) is 9.60. The summed E-state index contributed by atoms with van der Waals surface area (Å²) in [7, 11) is 0. The van der Waals surface area contributed by atoms with Crippen molar-refractivity contribution in [3.8, 4) is 0 Å². The van der Waals surface area contributed by atoms with E-state index in [-0.39, 0.29) is 11.6 Å². The number of nitro benzene ring substituents is 1. The van der Waals surface area contributed by atoms with Crippen molar-refractivity contribution in [3.63, 3.8) is 0 Å². The summed E-state index contributed by atoms with van der Waals surface area (Å²) in [6.07, 6.45) is 0. The number of hydrogen-bond donors (Lipinski definition) is 1. The summed E-state index contributed by atoms with van der Waals surface area (Å²) in [4.78, 5) is 25.4.